The fourth-order valence-electron chi connectivity index (χ4n) is 2.17. The van der Waals surface area contributed by atoms with E-state index >= 15 is 0 Å². The molecule has 3 heteroatoms. The Morgan fingerprint density at radius 2 is 2.11 bits per heavy atom. The largest absolute Gasteiger partial charge is 0.387 e. The molecule has 1 fully saturated rings. The summed E-state index contributed by atoms with van der Waals surface area (Å²) in [4.78, 5) is 6.80. The van der Waals surface area contributed by atoms with Crippen molar-refractivity contribution in [2.24, 2.45) is 5.92 Å². The summed E-state index contributed by atoms with van der Waals surface area (Å²) in [5.74, 6) is 0.869. The molecule has 1 aliphatic rings. The van der Waals surface area contributed by atoms with Crippen LogP contribution < -0.4 is 4.90 Å². The summed E-state index contributed by atoms with van der Waals surface area (Å²) in [6.45, 7) is 7.54. The summed E-state index contributed by atoms with van der Waals surface area (Å²) in [5, 5.41) is 9.75. The Labute approximate surface area is 110 Å². The van der Waals surface area contributed by atoms with E-state index in [0.717, 1.165) is 18.2 Å². The van der Waals surface area contributed by atoms with E-state index in [1.165, 1.54) is 18.5 Å². The minimum Gasteiger partial charge on any atom is -0.387 e. The predicted molar refractivity (Wildman–Crippen MR) is 74.7 cm³/mol. The summed E-state index contributed by atoms with van der Waals surface area (Å²) < 4.78 is 0. The summed E-state index contributed by atoms with van der Waals surface area (Å²) in [6.07, 6.45) is 4.90. The van der Waals surface area contributed by atoms with Crippen molar-refractivity contribution in [1.82, 2.24) is 4.98 Å². The van der Waals surface area contributed by atoms with Crippen LogP contribution in [0.3, 0.4) is 0 Å². The summed E-state index contributed by atoms with van der Waals surface area (Å²) in [7, 11) is 0. The van der Waals surface area contributed by atoms with Gasteiger partial charge in [-0.25, -0.2) is 0 Å². The van der Waals surface area contributed by atoms with Gasteiger partial charge in [-0.15, -0.1) is 0 Å². The number of rotatable bonds is 6. The first-order valence-electron chi connectivity index (χ1n) is 7.02. The third kappa shape index (κ3) is 3.22. The van der Waals surface area contributed by atoms with Crippen molar-refractivity contribution in [2.45, 2.75) is 52.2 Å². The van der Waals surface area contributed by atoms with E-state index in [0.29, 0.717) is 12.5 Å². The van der Waals surface area contributed by atoms with Crippen LogP contribution in [0, 0.1) is 5.92 Å². The summed E-state index contributed by atoms with van der Waals surface area (Å²) in [6, 6.07) is 4.53. The first-order valence-corrected chi connectivity index (χ1v) is 7.02. The van der Waals surface area contributed by atoms with Gasteiger partial charge in [0, 0.05) is 12.6 Å². The van der Waals surface area contributed by atoms with E-state index in [4.69, 9.17) is 0 Å². The van der Waals surface area contributed by atoms with Crippen molar-refractivity contribution in [1.29, 1.82) is 0 Å². The van der Waals surface area contributed by atoms with Gasteiger partial charge < -0.3 is 10.0 Å². The Kier molecular flexibility index (Phi) is 4.23. The molecule has 0 aromatic carbocycles. The van der Waals surface area contributed by atoms with Gasteiger partial charge in [-0.2, -0.15) is 0 Å². The standard InChI is InChI=1S/C15H24N2O/c1-4-15(18)14-8-7-13(9-16-14)17(11(2)3)10-12-5-6-12/h7-9,11-12,15,18H,4-6,10H2,1-3H3/t15-/m0/s1. The number of aromatic nitrogens is 1. The first-order chi connectivity index (χ1) is 8.61. The van der Waals surface area contributed by atoms with Gasteiger partial charge in [0.25, 0.3) is 0 Å². The van der Waals surface area contributed by atoms with Crippen LogP contribution in [-0.4, -0.2) is 22.7 Å². The minimum atomic E-state index is -0.435. The summed E-state index contributed by atoms with van der Waals surface area (Å²) in [5.41, 5.74) is 1.94. The second-order valence-corrected chi connectivity index (χ2v) is 5.55. The molecule has 0 saturated heterocycles. The third-order valence-electron chi connectivity index (χ3n) is 3.61. The number of aliphatic hydroxyl groups excluding tert-OH is 1. The average Bonchev–Trinajstić information content (AvgIpc) is 3.19. The van der Waals surface area contributed by atoms with E-state index < -0.39 is 6.10 Å². The Hall–Kier alpha value is -1.09. The molecule has 1 saturated carbocycles. The second kappa shape index (κ2) is 5.70. The molecule has 3 nitrogen and oxygen atoms in total. The molecule has 0 unspecified atom stereocenters. The zero-order valence-electron chi connectivity index (χ0n) is 11.6. The van der Waals surface area contributed by atoms with Gasteiger partial charge in [0.15, 0.2) is 0 Å². The zero-order chi connectivity index (χ0) is 13.1. The predicted octanol–water partition coefficient (Wildman–Crippen LogP) is 3.15. The molecule has 0 amide bonds. The van der Waals surface area contributed by atoms with Crippen molar-refractivity contribution in [3.05, 3.63) is 24.0 Å². The number of nitrogens with zero attached hydrogens (tertiary/aromatic N) is 2. The maximum absolute atomic E-state index is 9.75. The smallest absolute Gasteiger partial charge is 0.0957 e. The van der Waals surface area contributed by atoms with Gasteiger partial charge in [-0.1, -0.05) is 6.92 Å². The molecule has 0 aliphatic heterocycles. The van der Waals surface area contributed by atoms with Crippen molar-refractivity contribution in [3.63, 3.8) is 0 Å². The van der Waals surface area contributed by atoms with E-state index in [1.54, 1.807) is 0 Å². The minimum absolute atomic E-state index is 0.435. The zero-order valence-corrected chi connectivity index (χ0v) is 11.6. The van der Waals surface area contributed by atoms with Gasteiger partial charge in [0.05, 0.1) is 23.7 Å². The van der Waals surface area contributed by atoms with Crippen LogP contribution in [0.25, 0.3) is 0 Å². The fraction of sp³-hybridized carbons (Fsp3) is 0.667. The molecule has 1 aromatic heterocycles. The highest BCUT2D eigenvalue weighted by molar-refractivity contribution is 5.45. The highest BCUT2D eigenvalue weighted by Crippen LogP contribution is 2.32. The Morgan fingerprint density at radius 1 is 1.39 bits per heavy atom. The molecule has 1 aromatic rings. The molecule has 1 atom stereocenters. The Morgan fingerprint density at radius 3 is 2.56 bits per heavy atom. The molecular weight excluding hydrogens is 224 g/mol. The number of hydrogen-bond donors (Lipinski definition) is 1. The molecule has 2 rings (SSSR count). The molecular formula is C15H24N2O. The highest BCUT2D eigenvalue weighted by Gasteiger charge is 2.25. The quantitative estimate of drug-likeness (QED) is 0.840. The van der Waals surface area contributed by atoms with Crippen LogP contribution in [0.2, 0.25) is 0 Å². The Balaban J connectivity index is 2.09. The van der Waals surface area contributed by atoms with Crippen LogP contribution in [0.15, 0.2) is 18.3 Å². The maximum atomic E-state index is 9.75. The lowest BCUT2D eigenvalue weighted by Gasteiger charge is -2.29. The number of anilines is 1. The van der Waals surface area contributed by atoms with Gasteiger partial charge in [0.2, 0.25) is 0 Å². The number of hydrogen-bond acceptors (Lipinski definition) is 3. The van der Waals surface area contributed by atoms with E-state index in [2.05, 4.69) is 29.8 Å². The molecule has 100 valence electrons. The van der Waals surface area contributed by atoms with Crippen LogP contribution in [0.4, 0.5) is 5.69 Å². The van der Waals surface area contributed by atoms with Gasteiger partial charge >= 0.3 is 0 Å². The fourth-order valence-corrected chi connectivity index (χ4v) is 2.17. The lowest BCUT2D eigenvalue weighted by atomic mass is 10.1. The summed E-state index contributed by atoms with van der Waals surface area (Å²) >= 11 is 0. The number of aliphatic hydroxyl groups is 1. The van der Waals surface area contributed by atoms with Crippen LogP contribution in [0.5, 0.6) is 0 Å². The molecule has 1 aliphatic carbocycles. The van der Waals surface area contributed by atoms with Gasteiger partial charge in [-0.05, 0) is 51.2 Å². The third-order valence-corrected chi connectivity index (χ3v) is 3.61. The highest BCUT2D eigenvalue weighted by atomic mass is 16.3. The molecule has 0 bridgehead atoms. The lowest BCUT2D eigenvalue weighted by molar-refractivity contribution is 0.169. The van der Waals surface area contributed by atoms with Gasteiger partial charge in [0.1, 0.15) is 0 Å². The van der Waals surface area contributed by atoms with E-state index in [9.17, 15) is 5.11 Å². The van der Waals surface area contributed by atoms with Crippen molar-refractivity contribution >= 4 is 5.69 Å². The molecule has 18 heavy (non-hydrogen) atoms. The topological polar surface area (TPSA) is 36.4 Å². The molecule has 0 spiro atoms. The second-order valence-electron chi connectivity index (χ2n) is 5.55. The monoisotopic (exact) mass is 248 g/mol. The van der Waals surface area contributed by atoms with Crippen LogP contribution >= 0.6 is 0 Å². The van der Waals surface area contributed by atoms with Crippen LogP contribution in [0.1, 0.15) is 51.8 Å². The van der Waals surface area contributed by atoms with E-state index in [-0.39, 0.29) is 0 Å². The number of pyridine rings is 1. The molecule has 1 N–H and O–H groups in total. The van der Waals surface area contributed by atoms with Gasteiger partial charge in [-0.3, -0.25) is 4.98 Å². The van der Waals surface area contributed by atoms with Crippen molar-refractivity contribution < 1.29 is 5.11 Å². The van der Waals surface area contributed by atoms with Crippen molar-refractivity contribution in [3.8, 4) is 0 Å². The van der Waals surface area contributed by atoms with Crippen LogP contribution in [-0.2, 0) is 0 Å². The maximum Gasteiger partial charge on any atom is 0.0957 e. The molecule has 0 radical (unpaired) electrons. The first kappa shape index (κ1) is 13.3. The Bertz CT molecular complexity index is 371. The SMILES string of the molecule is CC[C@H](O)c1ccc(N(CC2CC2)C(C)C)cn1. The van der Waals surface area contributed by atoms with Crippen molar-refractivity contribution in [2.75, 3.05) is 11.4 Å². The average molecular weight is 248 g/mol. The normalized spacial score (nSPS) is 16.9. The molecule has 1 heterocycles. The lowest BCUT2D eigenvalue weighted by Crippen LogP contribution is -2.32. The van der Waals surface area contributed by atoms with E-state index in [1.807, 2.05) is 19.2 Å².